The van der Waals surface area contributed by atoms with Crippen LogP contribution in [0.3, 0.4) is 0 Å². The lowest BCUT2D eigenvalue weighted by molar-refractivity contribution is 0.0509. The van der Waals surface area contributed by atoms with Crippen molar-refractivity contribution in [3.8, 4) is 5.75 Å². The predicted molar refractivity (Wildman–Crippen MR) is 73.9 cm³/mol. The Morgan fingerprint density at radius 1 is 1.20 bits per heavy atom. The number of para-hydroxylation sites is 1. The highest BCUT2D eigenvalue weighted by atomic mass is 16.7. The third-order valence-corrected chi connectivity index (χ3v) is 2.81. The smallest absolute Gasteiger partial charge is 0.465 e. The van der Waals surface area contributed by atoms with Gasteiger partial charge in [-0.2, -0.15) is 0 Å². The lowest BCUT2D eigenvalue weighted by Gasteiger charge is -2.15. The van der Waals surface area contributed by atoms with Gasteiger partial charge in [-0.15, -0.1) is 0 Å². The van der Waals surface area contributed by atoms with Crippen molar-refractivity contribution in [2.45, 2.75) is 39.2 Å². The molecule has 0 saturated carbocycles. The van der Waals surface area contributed by atoms with Crippen molar-refractivity contribution in [2.24, 2.45) is 0 Å². The maximum absolute atomic E-state index is 11.7. The van der Waals surface area contributed by atoms with Crippen LogP contribution >= 0.6 is 0 Å². The first-order chi connectivity index (χ1) is 9.62. The molecule has 0 spiro atoms. The Kier molecular flexibility index (Phi) is 6.56. The highest BCUT2D eigenvalue weighted by Crippen LogP contribution is 2.20. The minimum Gasteiger partial charge on any atom is -0.465 e. The molecule has 110 valence electrons. The molecule has 0 N–H and O–H groups in total. The highest BCUT2D eigenvalue weighted by molar-refractivity contribution is 5.93. The van der Waals surface area contributed by atoms with E-state index in [1.54, 1.807) is 12.1 Å². The maximum Gasteiger partial charge on any atom is 0.514 e. The van der Waals surface area contributed by atoms with Crippen LogP contribution in [0.25, 0.3) is 0 Å². The molecule has 5 nitrogen and oxygen atoms in total. The second kappa shape index (κ2) is 8.19. The number of ether oxygens (including phenoxy) is 3. The zero-order chi connectivity index (χ0) is 15.0. The summed E-state index contributed by atoms with van der Waals surface area (Å²) in [7, 11) is 1.27. The van der Waals surface area contributed by atoms with Gasteiger partial charge >= 0.3 is 12.1 Å². The average molecular weight is 280 g/mol. The molecule has 0 aromatic heterocycles. The highest BCUT2D eigenvalue weighted by Gasteiger charge is 2.18. The van der Waals surface area contributed by atoms with E-state index >= 15 is 0 Å². The van der Waals surface area contributed by atoms with Gasteiger partial charge in [-0.25, -0.2) is 9.59 Å². The monoisotopic (exact) mass is 280 g/mol. The molecule has 0 amide bonds. The first-order valence-corrected chi connectivity index (χ1v) is 6.68. The molecule has 0 saturated heterocycles. The number of hydrogen-bond donors (Lipinski definition) is 0. The van der Waals surface area contributed by atoms with Crippen molar-refractivity contribution in [1.29, 1.82) is 0 Å². The van der Waals surface area contributed by atoms with Crippen molar-refractivity contribution in [1.82, 2.24) is 0 Å². The van der Waals surface area contributed by atoms with Crippen molar-refractivity contribution < 1.29 is 23.8 Å². The molecule has 0 aliphatic carbocycles. The van der Waals surface area contributed by atoms with Crippen molar-refractivity contribution in [3.05, 3.63) is 29.8 Å². The Hall–Kier alpha value is -2.04. The molecule has 5 heteroatoms. The number of rotatable bonds is 6. The topological polar surface area (TPSA) is 61.8 Å². The van der Waals surface area contributed by atoms with Gasteiger partial charge in [0.15, 0.2) is 0 Å². The van der Waals surface area contributed by atoms with Crippen LogP contribution in [0.4, 0.5) is 4.79 Å². The fourth-order valence-electron chi connectivity index (χ4n) is 1.75. The van der Waals surface area contributed by atoms with Gasteiger partial charge in [-0.05, 0) is 25.0 Å². The number of carbonyl (C=O) groups is 2. The molecular weight excluding hydrogens is 260 g/mol. The predicted octanol–water partition coefficient (Wildman–Crippen LogP) is 3.57. The minimum atomic E-state index is -0.804. The van der Waals surface area contributed by atoms with Crippen LogP contribution in [0.5, 0.6) is 5.75 Å². The van der Waals surface area contributed by atoms with Gasteiger partial charge in [0.2, 0.25) is 0 Å². The summed E-state index contributed by atoms with van der Waals surface area (Å²) in [5.41, 5.74) is 0.190. The minimum absolute atomic E-state index is 0.135. The zero-order valence-electron chi connectivity index (χ0n) is 12.0. The van der Waals surface area contributed by atoms with Crippen LogP contribution in [0.15, 0.2) is 24.3 Å². The summed E-state index contributed by atoms with van der Waals surface area (Å²) in [6.45, 7) is 3.96. The average Bonchev–Trinajstić information content (AvgIpc) is 2.46. The largest absolute Gasteiger partial charge is 0.514 e. The summed E-state index contributed by atoms with van der Waals surface area (Å²) < 4.78 is 14.9. The second-order valence-corrected chi connectivity index (χ2v) is 4.28. The number of esters is 1. The van der Waals surface area contributed by atoms with Crippen LogP contribution in [-0.2, 0) is 9.47 Å². The van der Waals surface area contributed by atoms with Crippen molar-refractivity contribution >= 4 is 12.1 Å². The summed E-state index contributed by atoms with van der Waals surface area (Å²) in [5.74, 6) is -0.426. The van der Waals surface area contributed by atoms with E-state index in [0.29, 0.717) is 0 Å². The summed E-state index contributed by atoms with van der Waals surface area (Å²) in [6, 6.07) is 6.38. The van der Waals surface area contributed by atoms with Crippen LogP contribution in [0.2, 0.25) is 0 Å². The SMILES string of the molecule is CCCC(CC)OC(=O)Oc1ccccc1C(=O)OC. The van der Waals surface area contributed by atoms with Gasteiger partial charge in [0, 0.05) is 0 Å². The molecule has 1 aromatic rings. The maximum atomic E-state index is 11.7. The van der Waals surface area contributed by atoms with Crippen molar-refractivity contribution in [2.75, 3.05) is 7.11 Å². The Morgan fingerprint density at radius 2 is 1.90 bits per heavy atom. The molecule has 20 heavy (non-hydrogen) atoms. The molecule has 1 unspecified atom stereocenters. The van der Waals surface area contributed by atoms with E-state index in [-0.39, 0.29) is 17.4 Å². The first kappa shape index (κ1) is 16.0. The summed E-state index contributed by atoms with van der Waals surface area (Å²) in [4.78, 5) is 23.3. The Bertz CT molecular complexity index is 455. The van der Waals surface area contributed by atoms with Gasteiger partial charge < -0.3 is 14.2 Å². The molecular formula is C15H20O5. The van der Waals surface area contributed by atoms with E-state index in [4.69, 9.17) is 9.47 Å². The van der Waals surface area contributed by atoms with Gasteiger partial charge in [0.1, 0.15) is 17.4 Å². The van der Waals surface area contributed by atoms with E-state index in [9.17, 15) is 9.59 Å². The summed E-state index contributed by atoms with van der Waals surface area (Å²) in [6.07, 6.45) is 1.45. The van der Waals surface area contributed by atoms with E-state index in [1.165, 1.54) is 19.2 Å². The van der Waals surface area contributed by atoms with Crippen molar-refractivity contribution in [3.63, 3.8) is 0 Å². The quantitative estimate of drug-likeness (QED) is 0.589. The molecule has 0 aliphatic rings. The van der Waals surface area contributed by atoms with Gasteiger partial charge in [-0.3, -0.25) is 0 Å². The normalized spacial score (nSPS) is 11.6. The van der Waals surface area contributed by atoms with E-state index in [0.717, 1.165) is 19.3 Å². The number of carbonyl (C=O) groups excluding carboxylic acids is 2. The number of hydrogen-bond acceptors (Lipinski definition) is 5. The third-order valence-electron chi connectivity index (χ3n) is 2.81. The van der Waals surface area contributed by atoms with Crippen LogP contribution in [0, 0.1) is 0 Å². The molecule has 0 radical (unpaired) electrons. The van der Waals surface area contributed by atoms with Crippen LogP contribution < -0.4 is 4.74 Å². The van der Waals surface area contributed by atoms with E-state index < -0.39 is 12.1 Å². The lowest BCUT2D eigenvalue weighted by atomic mass is 10.2. The van der Waals surface area contributed by atoms with E-state index in [2.05, 4.69) is 4.74 Å². The molecule has 1 atom stereocenters. The van der Waals surface area contributed by atoms with Gasteiger partial charge in [0.25, 0.3) is 0 Å². The molecule has 1 rings (SSSR count). The zero-order valence-corrected chi connectivity index (χ0v) is 12.0. The number of benzene rings is 1. The van der Waals surface area contributed by atoms with E-state index in [1.807, 2.05) is 13.8 Å². The molecule has 0 fully saturated rings. The molecule has 0 aliphatic heterocycles. The van der Waals surface area contributed by atoms with Crippen LogP contribution in [-0.4, -0.2) is 25.3 Å². The summed E-state index contributed by atoms with van der Waals surface area (Å²) >= 11 is 0. The first-order valence-electron chi connectivity index (χ1n) is 6.68. The Labute approximate surface area is 118 Å². The third kappa shape index (κ3) is 4.57. The Balaban J connectivity index is 2.73. The standard InChI is InChI=1S/C15H20O5/c1-4-8-11(5-2)19-15(17)20-13-10-7-6-9-12(13)14(16)18-3/h6-7,9-11H,4-5,8H2,1-3H3. The van der Waals surface area contributed by atoms with Gasteiger partial charge in [-0.1, -0.05) is 32.4 Å². The van der Waals surface area contributed by atoms with Crippen LogP contribution in [0.1, 0.15) is 43.5 Å². The second-order valence-electron chi connectivity index (χ2n) is 4.28. The Morgan fingerprint density at radius 3 is 2.50 bits per heavy atom. The lowest BCUT2D eigenvalue weighted by Crippen LogP contribution is -2.21. The number of methoxy groups -OCH3 is 1. The molecule has 0 bridgehead atoms. The fourth-order valence-corrected chi connectivity index (χ4v) is 1.75. The van der Waals surface area contributed by atoms with Gasteiger partial charge in [0.05, 0.1) is 7.11 Å². The molecule has 1 aromatic carbocycles. The summed E-state index contributed by atoms with van der Waals surface area (Å²) in [5, 5.41) is 0. The fraction of sp³-hybridized carbons (Fsp3) is 0.467. The molecule has 0 heterocycles.